The summed E-state index contributed by atoms with van der Waals surface area (Å²) in [5.74, 6) is 1.13. The van der Waals surface area contributed by atoms with Gasteiger partial charge in [0.25, 0.3) is 5.91 Å². The molecule has 0 radical (unpaired) electrons. The van der Waals surface area contributed by atoms with Gasteiger partial charge in [0.05, 0.1) is 31.5 Å². The zero-order chi connectivity index (χ0) is 28.3. The Morgan fingerprint density at radius 1 is 1.07 bits per heavy atom. The molecule has 6 rings (SSSR count). The van der Waals surface area contributed by atoms with Crippen molar-refractivity contribution < 1.29 is 23.4 Å². The number of hydrazine groups is 1. The van der Waals surface area contributed by atoms with Crippen molar-refractivity contribution in [2.24, 2.45) is 0 Å². The van der Waals surface area contributed by atoms with Crippen LogP contribution in [0.3, 0.4) is 0 Å². The number of ether oxygens (including phenoxy) is 3. The highest BCUT2D eigenvalue weighted by Crippen LogP contribution is 2.37. The summed E-state index contributed by atoms with van der Waals surface area (Å²) in [7, 11) is 3.30. The first-order chi connectivity index (χ1) is 20.1. The fraction of sp³-hybridized carbons (Fsp3) is 0.226. The molecule has 4 aromatic rings. The number of nitrogens with zero attached hydrogens (tertiary/aromatic N) is 5. The van der Waals surface area contributed by atoms with E-state index in [4.69, 9.17) is 18.6 Å². The summed E-state index contributed by atoms with van der Waals surface area (Å²) < 4.78 is 23.4. The molecule has 0 bridgehead atoms. The summed E-state index contributed by atoms with van der Waals surface area (Å²) in [5, 5.41) is 13.0. The fourth-order valence-electron chi connectivity index (χ4n) is 4.87. The maximum atomic E-state index is 13.1. The predicted molar refractivity (Wildman–Crippen MR) is 151 cm³/mol. The molecule has 2 aliphatic heterocycles. The van der Waals surface area contributed by atoms with Crippen molar-refractivity contribution in [3.8, 4) is 40.1 Å². The molecule has 1 amide bonds. The lowest BCUT2D eigenvalue weighted by molar-refractivity contribution is 0.0254. The summed E-state index contributed by atoms with van der Waals surface area (Å²) in [6.45, 7) is 1.31. The summed E-state index contributed by atoms with van der Waals surface area (Å²) in [4.78, 5) is 22.1. The molecule has 0 unspecified atom stereocenters. The van der Waals surface area contributed by atoms with Crippen LogP contribution in [0.25, 0.3) is 33.7 Å². The number of methoxy groups -OCH3 is 1. The van der Waals surface area contributed by atoms with Gasteiger partial charge in [0, 0.05) is 56.3 Å². The summed E-state index contributed by atoms with van der Waals surface area (Å²) in [6.07, 6.45) is 11.9. The molecule has 3 aromatic heterocycles. The average molecular weight is 550 g/mol. The SMILES string of the molecule is COc1cc(C(=O)N2C=CC=CN2C)cnc1-c1cc2nccc(-c3ccc(OC4CCOCC4)c(C#N)c3)c2o1. The predicted octanol–water partition coefficient (Wildman–Crippen LogP) is 5.32. The maximum Gasteiger partial charge on any atom is 0.278 e. The number of furan rings is 1. The van der Waals surface area contributed by atoms with Crippen LogP contribution in [0.1, 0.15) is 28.8 Å². The first kappa shape index (κ1) is 26.1. The molecule has 1 aromatic carbocycles. The number of carbonyl (C=O) groups is 1. The van der Waals surface area contributed by atoms with Crippen molar-refractivity contribution in [1.29, 1.82) is 5.26 Å². The molecule has 0 spiro atoms. The minimum absolute atomic E-state index is 0.0280. The number of benzene rings is 1. The first-order valence-corrected chi connectivity index (χ1v) is 13.2. The van der Waals surface area contributed by atoms with Crippen LogP contribution in [-0.2, 0) is 4.74 Å². The van der Waals surface area contributed by atoms with E-state index < -0.39 is 0 Å². The highest BCUT2D eigenvalue weighted by molar-refractivity contribution is 5.96. The third-order valence-electron chi connectivity index (χ3n) is 7.03. The normalized spacial score (nSPS) is 15.2. The van der Waals surface area contributed by atoms with E-state index in [9.17, 15) is 10.1 Å². The van der Waals surface area contributed by atoms with Gasteiger partial charge in [-0.25, -0.2) is 9.99 Å². The van der Waals surface area contributed by atoms with Gasteiger partial charge in [0.1, 0.15) is 34.9 Å². The quantitative estimate of drug-likeness (QED) is 0.315. The van der Waals surface area contributed by atoms with Gasteiger partial charge in [-0.2, -0.15) is 5.26 Å². The molecule has 41 heavy (non-hydrogen) atoms. The van der Waals surface area contributed by atoms with Crippen molar-refractivity contribution in [2.75, 3.05) is 27.4 Å². The maximum absolute atomic E-state index is 13.1. The van der Waals surface area contributed by atoms with Crippen LogP contribution in [-0.4, -0.2) is 59.4 Å². The van der Waals surface area contributed by atoms with Gasteiger partial charge in [-0.3, -0.25) is 14.8 Å². The third kappa shape index (κ3) is 5.11. The number of amides is 1. The third-order valence-corrected chi connectivity index (χ3v) is 7.03. The Morgan fingerprint density at radius 2 is 1.90 bits per heavy atom. The van der Waals surface area contributed by atoms with Crippen LogP contribution in [0.4, 0.5) is 0 Å². The van der Waals surface area contributed by atoms with Crippen LogP contribution in [0.15, 0.2) is 77.8 Å². The molecule has 2 aliphatic rings. The van der Waals surface area contributed by atoms with E-state index in [1.54, 1.807) is 54.9 Å². The lowest BCUT2D eigenvalue weighted by Crippen LogP contribution is -2.38. The number of fused-ring (bicyclic) bond motifs is 1. The number of pyridine rings is 2. The second kappa shape index (κ2) is 11.2. The van der Waals surface area contributed by atoms with Gasteiger partial charge in [0.2, 0.25) is 0 Å². The topological polar surface area (TPSA) is 114 Å². The lowest BCUT2D eigenvalue weighted by atomic mass is 10.0. The monoisotopic (exact) mass is 549 g/mol. The molecule has 206 valence electrons. The second-order valence-corrected chi connectivity index (χ2v) is 9.62. The molecule has 1 saturated heterocycles. The number of rotatable bonds is 6. The highest BCUT2D eigenvalue weighted by Gasteiger charge is 2.23. The fourth-order valence-corrected chi connectivity index (χ4v) is 4.87. The lowest BCUT2D eigenvalue weighted by Gasteiger charge is -2.29. The molecule has 0 N–H and O–H groups in total. The Balaban J connectivity index is 1.32. The standard InChI is InChI=1S/C31H27N5O5/c1-35-11-3-4-12-36(35)31(37)22-16-27(38-2)29(34-19-22)28-17-25-30(41-28)24(7-10-33-25)20-5-6-26(21(15-20)18-32)40-23-8-13-39-14-9-23/h3-7,10-12,15-17,19,23H,8-9,13-14H2,1-2H3. The van der Waals surface area contributed by atoms with Gasteiger partial charge in [-0.1, -0.05) is 6.07 Å². The number of carbonyl (C=O) groups excluding carboxylic acids is 1. The molecule has 0 aliphatic carbocycles. The van der Waals surface area contributed by atoms with Gasteiger partial charge >= 0.3 is 0 Å². The zero-order valence-corrected chi connectivity index (χ0v) is 22.6. The van der Waals surface area contributed by atoms with Crippen molar-refractivity contribution in [2.45, 2.75) is 18.9 Å². The Hall–Kier alpha value is -5.14. The van der Waals surface area contributed by atoms with Crippen molar-refractivity contribution in [1.82, 2.24) is 20.0 Å². The van der Waals surface area contributed by atoms with Gasteiger partial charge in [0.15, 0.2) is 11.3 Å². The Kier molecular flexibility index (Phi) is 7.10. The number of allylic oxidation sites excluding steroid dienone is 2. The van der Waals surface area contributed by atoms with Crippen LogP contribution >= 0.6 is 0 Å². The van der Waals surface area contributed by atoms with Crippen LogP contribution in [0.5, 0.6) is 11.5 Å². The van der Waals surface area contributed by atoms with Crippen LogP contribution in [0.2, 0.25) is 0 Å². The largest absolute Gasteiger partial charge is 0.494 e. The van der Waals surface area contributed by atoms with E-state index in [-0.39, 0.29) is 12.0 Å². The number of hydrogen-bond donors (Lipinski definition) is 0. The Morgan fingerprint density at radius 3 is 2.68 bits per heavy atom. The van der Waals surface area contributed by atoms with Gasteiger partial charge < -0.3 is 18.6 Å². The summed E-state index contributed by atoms with van der Waals surface area (Å²) in [5.41, 5.74) is 3.97. The second-order valence-electron chi connectivity index (χ2n) is 9.62. The zero-order valence-electron chi connectivity index (χ0n) is 22.6. The highest BCUT2D eigenvalue weighted by atomic mass is 16.5. The molecule has 10 heteroatoms. The van der Waals surface area contributed by atoms with E-state index in [2.05, 4.69) is 16.0 Å². The van der Waals surface area contributed by atoms with Crippen molar-refractivity contribution >= 4 is 17.0 Å². The Bertz CT molecular complexity index is 1710. The van der Waals surface area contributed by atoms with Crippen molar-refractivity contribution in [3.63, 3.8) is 0 Å². The average Bonchev–Trinajstić information content (AvgIpc) is 3.46. The van der Waals surface area contributed by atoms with E-state index in [0.29, 0.717) is 58.4 Å². The molecule has 10 nitrogen and oxygen atoms in total. The van der Waals surface area contributed by atoms with E-state index in [0.717, 1.165) is 24.0 Å². The minimum atomic E-state index is -0.253. The molecule has 0 atom stereocenters. The molecule has 0 saturated carbocycles. The summed E-state index contributed by atoms with van der Waals surface area (Å²) in [6, 6.07) is 13.1. The van der Waals surface area contributed by atoms with Crippen LogP contribution < -0.4 is 9.47 Å². The smallest absolute Gasteiger partial charge is 0.278 e. The minimum Gasteiger partial charge on any atom is -0.494 e. The number of hydrogen-bond acceptors (Lipinski definition) is 9. The number of nitriles is 1. The summed E-state index contributed by atoms with van der Waals surface area (Å²) >= 11 is 0. The number of aromatic nitrogens is 2. The molecule has 1 fully saturated rings. The molecular weight excluding hydrogens is 522 g/mol. The Labute approximate surface area is 236 Å². The molecular formula is C31H27N5O5. The first-order valence-electron chi connectivity index (χ1n) is 13.2. The van der Waals surface area contributed by atoms with Crippen molar-refractivity contribution in [3.05, 3.63) is 84.5 Å². The van der Waals surface area contributed by atoms with Gasteiger partial charge in [-0.05, 0) is 42.0 Å². The van der Waals surface area contributed by atoms with E-state index >= 15 is 0 Å². The van der Waals surface area contributed by atoms with Crippen LogP contribution in [0, 0.1) is 11.3 Å². The van der Waals surface area contributed by atoms with E-state index in [1.165, 1.54) is 18.3 Å². The molecule has 5 heterocycles. The van der Waals surface area contributed by atoms with Gasteiger partial charge in [-0.15, -0.1) is 0 Å². The van der Waals surface area contributed by atoms with E-state index in [1.807, 2.05) is 24.3 Å².